The first kappa shape index (κ1) is 13.2. The predicted octanol–water partition coefficient (Wildman–Crippen LogP) is 1.77. The van der Waals surface area contributed by atoms with Crippen molar-refractivity contribution in [3.63, 3.8) is 0 Å². The molecule has 1 unspecified atom stereocenters. The van der Waals surface area contributed by atoms with Gasteiger partial charge in [-0.2, -0.15) is 13.2 Å². The molecule has 2 heterocycles. The maximum Gasteiger partial charge on any atom is 0.451 e. The van der Waals surface area contributed by atoms with E-state index in [2.05, 4.69) is 15.5 Å². The zero-order valence-corrected chi connectivity index (χ0v) is 9.40. The molecule has 0 amide bonds. The first-order valence-electron chi connectivity index (χ1n) is 4.77. The maximum absolute atomic E-state index is 12.5. The van der Waals surface area contributed by atoms with Gasteiger partial charge in [0.1, 0.15) is 5.82 Å². The zero-order chi connectivity index (χ0) is 11.1. The third-order valence-corrected chi connectivity index (χ3v) is 2.48. The summed E-state index contributed by atoms with van der Waals surface area (Å²) in [6.45, 7) is 2.69. The average molecular weight is 257 g/mol. The number of nitrogens with zero attached hydrogens (tertiary/aromatic N) is 3. The van der Waals surface area contributed by atoms with E-state index < -0.39 is 12.0 Å². The van der Waals surface area contributed by atoms with Crippen LogP contribution in [0.4, 0.5) is 13.2 Å². The Bertz CT molecular complexity index is 363. The Morgan fingerprint density at radius 3 is 2.69 bits per heavy atom. The van der Waals surface area contributed by atoms with E-state index in [9.17, 15) is 13.2 Å². The van der Waals surface area contributed by atoms with Crippen LogP contribution < -0.4 is 5.32 Å². The second kappa shape index (κ2) is 4.58. The van der Waals surface area contributed by atoms with Gasteiger partial charge in [-0.1, -0.05) is 6.92 Å². The van der Waals surface area contributed by atoms with Crippen LogP contribution in [0.3, 0.4) is 0 Å². The molecule has 92 valence electrons. The molecule has 16 heavy (non-hydrogen) atoms. The SMILES string of the molecule is CCC1NCCn2c1nnc2C(F)(F)F.Cl. The van der Waals surface area contributed by atoms with Crippen LogP contribution in [0.15, 0.2) is 0 Å². The first-order chi connectivity index (χ1) is 7.04. The van der Waals surface area contributed by atoms with Crippen LogP contribution in [0, 0.1) is 0 Å². The Balaban J connectivity index is 0.00000128. The van der Waals surface area contributed by atoms with E-state index in [1.54, 1.807) is 0 Å². The molecule has 0 saturated carbocycles. The largest absolute Gasteiger partial charge is 0.451 e. The summed E-state index contributed by atoms with van der Waals surface area (Å²) in [5.74, 6) is -0.506. The van der Waals surface area contributed by atoms with Gasteiger partial charge in [0.05, 0.1) is 6.04 Å². The van der Waals surface area contributed by atoms with Crippen molar-refractivity contribution in [1.82, 2.24) is 20.1 Å². The highest BCUT2D eigenvalue weighted by Crippen LogP contribution is 2.30. The second-order valence-electron chi connectivity index (χ2n) is 3.45. The van der Waals surface area contributed by atoms with Gasteiger partial charge in [0, 0.05) is 13.1 Å². The van der Waals surface area contributed by atoms with Crippen molar-refractivity contribution in [3.05, 3.63) is 11.6 Å². The molecule has 1 aromatic rings. The summed E-state index contributed by atoms with van der Waals surface area (Å²) in [6.07, 6.45) is -3.71. The number of hydrogen-bond acceptors (Lipinski definition) is 3. The van der Waals surface area contributed by atoms with Gasteiger partial charge in [-0.25, -0.2) is 0 Å². The fraction of sp³-hybridized carbons (Fsp3) is 0.750. The molecular formula is C8H12ClF3N4. The Labute approximate surface area is 96.6 Å². The summed E-state index contributed by atoms with van der Waals surface area (Å²) < 4.78 is 38.6. The highest BCUT2D eigenvalue weighted by Gasteiger charge is 2.39. The quantitative estimate of drug-likeness (QED) is 0.833. The minimum Gasteiger partial charge on any atom is -0.306 e. The van der Waals surface area contributed by atoms with Crippen LogP contribution in [0.25, 0.3) is 0 Å². The van der Waals surface area contributed by atoms with E-state index >= 15 is 0 Å². The Morgan fingerprint density at radius 1 is 1.44 bits per heavy atom. The van der Waals surface area contributed by atoms with Gasteiger partial charge >= 0.3 is 6.18 Å². The lowest BCUT2D eigenvalue weighted by Gasteiger charge is -2.24. The fourth-order valence-corrected chi connectivity index (χ4v) is 1.77. The summed E-state index contributed by atoms with van der Waals surface area (Å²) >= 11 is 0. The van der Waals surface area contributed by atoms with Gasteiger partial charge < -0.3 is 9.88 Å². The predicted molar refractivity (Wildman–Crippen MR) is 53.3 cm³/mol. The van der Waals surface area contributed by atoms with E-state index in [0.29, 0.717) is 18.8 Å². The highest BCUT2D eigenvalue weighted by atomic mass is 35.5. The van der Waals surface area contributed by atoms with Crippen LogP contribution in [-0.2, 0) is 12.7 Å². The lowest BCUT2D eigenvalue weighted by Crippen LogP contribution is -2.34. The normalized spacial score (nSPS) is 20.1. The summed E-state index contributed by atoms with van der Waals surface area (Å²) in [6, 6.07) is -0.123. The summed E-state index contributed by atoms with van der Waals surface area (Å²) in [5.41, 5.74) is 0. The number of halogens is 4. The van der Waals surface area contributed by atoms with Crippen LogP contribution >= 0.6 is 12.4 Å². The van der Waals surface area contributed by atoms with Crippen molar-refractivity contribution in [2.24, 2.45) is 0 Å². The van der Waals surface area contributed by atoms with Crippen molar-refractivity contribution in [3.8, 4) is 0 Å². The molecule has 0 aliphatic carbocycles. The van der Waals surface area contributed by atoms with E-state index in [1.165, 1.54) is 0 Å². The van der Waals surface area contributed by atoms with Gasteiger partial charge in [0.25, 0.3) is 0 Å². The topological polar surface area (TPSA) is 42.7 Å². The Morgan fingerprint density at radius 2 is 2.12 bits per heavy atom. The van der Waals surface area contributed by atoms with E-state index in [4.69, 9.17) is 0 Å². The van der Waals surface area contributed by atoms with E-state index in [-0.39, 0.29) is 25.0 Å². The molecule has 0 aromatic carbocycles. The number of nitrogens with one attached hydrogen (secondary N) is 1. The zero-order valence-electron chi connectivity index (χ0n) is 8.58. The van der Waals surface area contributed by atoms with Gasteiger partial charge in [0.15, 0.2) is 0 Å². The average Bonchev–Trinajstić information content (AvgIpc) is 2.59. The molecule has 0 bridgehead atoms. The van der Waals surface area contributed by atoms with Crippen molar-refractivity contribution in [2.45, 2.75) is 32.1 Å². The molecule has 4 nitrogen and oxygen atoms in total. The van der Waals surface area contributed by atoms with Crippen molar-refractivity contribution in [2.75, 3.05) is 6.54 Å². The van der Waals surface area contributed by atoms with Crippen molar-refractivity contribution in [1.29, 1.82) is 0 Å². The molecule has 1 aromatic heterocycles. The standard InChI is InChI=1S/C8H11F3N4.ClH/c1-2-5-6-13-14-7(8(9,10)11)15(6)4-3-12-5;/h5,12H,2-4H2,1H3;1H. The lowest BCUT2D eigenvalue weighted by atomic mass is 10.2. The number of alkyl halides is 3. The molecule has 1 aliphatic rings. The number of aromatic nitrogens is 3. The van der Waals surface area contributed by atoms with Crippen LogP contribution in [0.2, 0.25) is 0 Å². The minimum absolute atomic E-state index is 0. The molecular weight excluding hydrogens is 245 g/mol. The summed E-state index contributed by atoms with van der Waals surface area (Å²) in [7, 11) is 0. The molecule has 0 saturated heterocycles. The Hall–Kier alpha value is -0.820. The molecule has 1 atom stereocenters. The number of fused-ring (bicyclic) bond motifs is 1. The van der Waals surface area contributed by atoms with Crippen LogP contribution in [0.1, 0.15) is 31.0 Å². The van der Waals surface area contributed by atoms with Crippen molar-refractivity contribution >= 4 is 12.4 Å². The lowest BCUT2D eigenvalue weighted by molar-refractivity contribution is -0.147. The number of rotatable bonds is 1. The highest BCUT2D eigenvalue weighted by molar-refractivity contribution is 5.85. The summed E-state index contributed by atoms with van der Waals surface area (Å²) in [5, 5.41) is 9.92. The van der Waals surface area contributed by atoms with Gasteiger partial charge in [0.2, 0.25) is 5.82 Å². The Kier molecular flexibility index (Phi) is 3.80. The molecule has 0 fully saturated rings. The van der Waals surface area contributed by atoms with Crippen LogP contribution in [0.5, 0.6) is 0 Å². The molecule has 2 rings (SSSR count). The van der Waals surface area contributed by atoms with Crippen LogP contribution in [-0.4, -0.2) is 21.3 Å². The molecule has 1 aliphatic heterocycles. The van der Waals surface area contributed by atoms with Crippen molar-refractivity contribution < 1.29 is 13.2 Å². The summed E-state index contributed by atoms with van der Waals surface area (Å²) in [4.78, 5) is 0. The fourth-order valence-electron chi connectivity index (χ4n) is 1.77. The van der Waals surface area contributed by atoms with E-state index in [0.717, 1.165) is 4.57 Å². The maximum atomic E-state index is 12.5. The minimum atomic E-state index is -4.42. The molecule has 0 spiro atoms. The third kappa shape index (κ3) is 2.15. The monoisotopic (exact) mass is 256 g/mol. The smallest absolute Gasteiger partial charge is 0.306 e. The first-order valence-corrected chi connectivity index (χ1v) is 4.77. The van der Waals surface area contributed by atoms with Gasteiger partial charge in [-0.15, -0.1) is 22.6 Å². The van der Waals surface area contributed by atoms with E-state index in [1.807, 2.05) is 6.92 Å². The molecule has 1 N–H and O–H groups in total. The molecule has 0 radical (unpaired) electrons. The third-order valence-electron chi connectivity index (χ3n) is 2.48. The van der Waals surface area contributed by atoms with Gasteiger partial charge in [-0.05, 0) is 6.42 Å². The van der Waals surface area contributed by atoms with Gasteiger partial charge in [-0.3, -0.25) is 0 Å². The second-order valence-corrected chi connectivity index (χ2v) is 3.45. The number of hydrogen-bond donors (Lipinski definition) is 1. The molecule has 8 heteroatoms.